The summed E-state index contributed by atoms with van der Waals surface area (Å²) in [5.41, 5.74) is 0.847. The number of methoxy groups -OCH3 is 1. The first-order valence-corrected chi connectivity index (χ1v) is 10.5. The standard InChI is InChI=1S/C20H21N3O4S/c1-26-17-9-7-15(8-10-17)19-21-20(27-22-19)16-11-13-23(14-12-16)28(24,25)18-5-3-2-4-6-18/h2-10,16H,11-14H2,1H3. The molecule has 1 aliphatic heterocycles. The largest absolute Gasteiger partial charge is 0.497 e. The molecule has 3 aromatic rings. The molecule has 0 atom stereocenters. The molecule has 0 spiro atoms. The van der Waals surface area contributed by atoms with Crippen LogP contribution in [0.25, 0.3) is 11.4 Å². The Hall–Kier alpha value is -2.71. The van der Waals surface area contributed by atoms with Crippen molar-refractivity contribution in [2.45, 2.75) is 23.7 Å². The van der Waals surface area contributed by atoms with Gasteiger partial charge in [0.15, 0.2) is 0 Å². The zero-order valence-corrected chi connectivity index (χ0v) is 16.3. The molecular formula is C20H21N3O4S. The van der Waals surface area contributed by atoms with Crippen molar-refractivity contribution in [2.75, 3.05) is 20.2 Å². The SMILES string of the molecule is COc1ccc(-c2noc(C3CCN(S(=O)(=O)c4ccccc4)CC3)n2)cc1. The predicted octanol–water partition coefficient (Wildman–Crippen LogP) is 3.31. The van der Waals surface area contributed by atoms with Gasteiger partial charge in [-0.2, -0.15) is 9.29 Å². The van der Waals surface area contributed by atoms with E-state index < -0.39 is 10.0 Å². The number of ether oxygens (including phenoxy) is 1. The maximum Gasteiger partial charge on any atom is 0.243 e. The van der Waals surface area contributed by atoms with E-state index in [2.05, 4.69) is 10.1 Å². The summed E-state index contributed by atoms with van der Waals surface area (Å²) in [5.74, 6) is 1.90. The Morgan fingerprint density at radius 1 is 1.04 bits per heavy atom. The maximum absolute atomic E-state index is 12.7. The molecule has 0 unspecified atom stereocenters. The molecule has 28 heavy (non-hydrogen) atoms. The summed E-state index contributed by atoms with van der Waals surface area (Å²) in [5, 5.41) is 4.07. The van der Waals surface area contributed by atoms with E-state index in [9.17, 15) is 8.42 Å². The second-order valence-corrected chi connectivity index (χ2v) is 8.61. The normalized spacial score (nSPS) is 16.2. The van der Waals surface area contributed by atoms with Gasteiger partial charge in [0.05, 0.1) is 12.0 Å². The number of hydrogen-bond donors (Lipinski definition) is 0. The van der Waals surface area contributed by atoms with Crippen LogP contribution in [0, 0.1) is 0 Å². The monoisotopic (exact) mass is 399 g/mol. The first-order chi connectivity index (χ1) is 13.6. The molecular weight excluding hydrogens is 378 g/mol. The molecule has 0 aliphatic carbocycles. The summed E-state index contributed by atoms with van der Waals surface area (Å²) in [6, 6.07) is 16.0. The minimum Gasteiger partial charge on any atom is -0.497 e. The average Bonchev–Trinajstić information content (AvgIpc) is 3.25. The Morgan fingerprint density at radius 3 is 2.36 bits per heavy atom. The van der Waals surface area contributed by atoms with Crippen LogP contribution >= 0.6 is 0 Å². The van der Waals surface area contributed by atoms with Crippen LogP contribution in [-0.2, 0) is 10.0 Å². The molecule has 2 heterocycles. The van der Waals surface area contributed by atoms with E-state index in [-0.39, 0.29) is 5.92 Å². The van der Waals surface area contributed by atoms with Gasteiger partial charge in [-0.25, -0.2) is 8.42 Å². The molecule has 0 N–H and O–H groups in total. The third kappa shape index (κ3) is 3.65. The molecule has 0 amide bonds. The van der Waals surface area contributed by atoms with E-state index in [0.29, 0.717) is 42.5 Å². The molecule has 8 heteroatoms. The van der Waals surface area contributed by atoms with E-state index >= 15 is 0 Å². The zero-order valence-electron chi connectivity index (χ0n) is 15.5. The van der Waals surface area contributed by atoms with Crippen molar-refractivity contribution in [1.82, 2.24) is 14.4 Å². The second-order valence-electron chi connectivity index (χ2n) is 6.68. The second kappa shape index (κ2) is 7.73. The lowest BCUT2D eigenvalue weighted by Gasteiger charge is -2.29. The van der Waals surface area contributed by atoms with Gasteiger partial charge in [-0.1, -0.05) is 23.4 Å². The third-order valence-corrected chi connectivity index (χ3v) is 6.89. The fourth-order valence-electron chi connectivity index (χ4n) is 3.34. The van der Waals surface area contributed by atoms with Gasteiger partial charge in [-0.05, 0) is 49.2 Å². The number of aromatic nitrogens is 2. The van der Waals surface area contributed by atoms with Crippen LogP contribution in [0.15, 0.2) is 64.0 Å². The Kier molecular flexibility index (Phi) is 5.15. The minimum atomic E-state index is -3.46. The molecule has 0 saturated carbocycles. The van der Waals surface area contributed by atoms with Crippen molar-refractivity contribution in [3.63, 3.8) is 0 Å². The Bertz CT molecular complexity index is 1020. The Morgan fingerprint density at radius 2 is 1.71 bits per heavy atom. The van der Waals surface area contributed by atoms with Crippen LogP contribution in [0.3, 0.4) is 0 Å². The van der Waals surface area contributed by atoms with Crippen LogP contribution < -0.4 is 4.74 Å². The summed E-state index contributed by atoms with van der Waals surface area (Å²) in [7, 11) is -1.84. The highest BCUT2D eigenvalue weighted by atomic mass is 32.2. The zero-order chi connectivity index (χ0) is 19.6. The van der Waals surface area contributed by atoms with Crippen LogP contribution in [0.4, 0.5) is 0 Å². The van der Waals surface area contributed by atoms with Gasteiger partial charge in [0.2, 0.25) is 21.7 Å². The average molecular weight is 399 g/mol. The molecule has 0 bridgehead atoms. The van der Waals surface area contributed by atoms with Gasteiger partial charge in [0.1, 0.15) is 5.75 Å². The van der Waals surface area contributed by atoms with Gasteiger partial charge >= 0.3 is 0 Å². The molecule has 4 rings (SSSR count). The number of piperidine rings is 1. The molecule has 1 fully saturated rings. The van der Waals surface area contributed by atoms with Crippen LogP contribution in [-0.4, -0.2) is 43.1 Å². The quantitative estimate of drug-likeness (QED) is 0.654. The lowest BCUT2D eigenvalue weighted by molar-refractivity contribution is 0.271. The van der Waals surface area contributed by atoms with Crippen LogP contribution in [0.5, 0.6) is 5.75 Å². The highest BCUT2D eigenvalue weighted by Crippen LogP contribution is 2.31. The fourth-order valence-corrected chi connectivity index (χ4v) is 4.83. The number of rotatable bonds is 5. The van der Waals surface area contributed by atoms with Crippen molar-refractivity contribution < 1.29 is 17.7 Å². The summed E-state index contributed by atoms with van der Waals surface area (Å²) >= 11 is 0. The molecule has 7 nitrogen and oxygen atoms in total. The van der Waals surface area contributed by atoms with E-state index in [0.717, 1.165) is 11.3 Å². The van der Waals surface area contributed by atoms with Crippen LogP contribution in [0.2, 0.25) is 0 Å². The van der Waals surface area contributed by atoms with Crippen LogP contribution in [0.1, 0.15) is 24.7 Å². The highest BCUT2D eigenvalue weighted by molar-refractivity contribution is 7.89. The van der Waals surface area contributed by atoms with Gasteiger partial charge in [0.25, 0.3) is 0 Å². The molecule has 2 aromatic carbocycles. The predicted molar refractivity (Wildman–Crippen MR) is 103 cm³/mol. The smallest absolute Gasteiger partial charge is 0.243 e. The summed E-state index contributed by atoms with van der Waals surface area (Å²) < 4.78 is 37.6. The van der Waals surface area contributed by atoms with Crippen molar-refractivity contribution in [1.29, 1.82) is 0 Å². The van der Waals surface area contributed by atoms with Crippen molar-refractivity contribution >= 4 is 10.0 Å². The first-order valence-electron chi connectivity index (χ1n) is 9.11. The molecule has 1 saturated heterocycles. The van der Waals surface area contributed by atoms with E-state index in [1.165, 1.54) is 4.31 Å². The summed E-state index contributed by atoms with van der Waals surface area (Å²) in [6.07, 6.45) is 1.30. The molecule has 1 aliphatic rings. The molecule has 1 aromatic heterocycles. The number of sulfonamides is 1. The Labute approximate surface area is 164 Å². The van der Waals surface area contributed by atoms with E-state index in [1.807, 2.05) is 24.3 Å². The summed E-state index contributed by atoms with van der Waals surface area (Å²) in [4.78, 5) is 4.85. The number of nitrogens with zero attached hydrogens (tertiary/aromatic N) is 3. The third-order valence-electron chi connectivity index (χ3n) is 4.97. The van der Waals surface area contributed by atoms with E-state index in [1.54, 1.807) is 37.4 Å². The minimum absolute atomic E-state index is 0.0571. The number of hydrogen-bond acceptors (Lipinski definition) is 6. The van der Waals surface area contributed by atoms with Crippen molar-refractivity contribution in [3.05, 3.63) is 60.5 Å². The van der Waals surface area contributed by atoms with Gasteiger partial charge in [0, 0.05) is 24.6 Å². The van der Waals surface area contributed by atoms with Gasteiger partial charge < -0.3 is 9.26 Å². The fraction of sp³-hybridized carbons (Fsp3) is 0.300. The van der Waals surface area contributed by atoms with E-state index in [4.69, 9.17) is 9.26 Å². The summed E-state index contributed by atoms with van der Waals surface area (Å²) in [6.45, 7) is 0.865. The van der Waals surface area contributed by atoms with Crippen molar-refractivity contribution in [3.8, 4) is 17.1 Å². The topological polar surface area (TPSA) is 85.5 Å². The Balaban J connectivity index is 1.44. The lowest BCUT2D eigenvalue weighted by atomic mass is 9.98. The first kappa shape index (κ1) is 18.6. The lowest BCUT2D eigenvalue weighted by Crippen LogP contribution is -2.37. The maximum atomic E-state index is 12.7. The van der Waals surface area contributed by atoms with Crippen molar-refractivity contribution in [2.24, 2.45) is 0 Å². The highest BCUT2D eigenvalue weighted by Gasteiger charge is 2.32. The number of benzene rings is 2. The van der Waals surface area contributed by atoms with Gasteiger partial charge in [-0.3, -0.25) is 0 Å². The molecule has 0 radical (unpaired) electrons. The van der Waals surface area contributed by atoms with Gasteiger partial charge in [-0.15, -0.1) is 0 Å². The molecule has 146 valence electrons.